The van der Waals surface area contributed by atoms with Gasteiger partial charge < -0.3 is 20.1 Å². The number of nitrogens with zero attached hydrogens (tertiary/aromatic N) is 3. The fourth-order valence-corrected chi connectivity index (χ4v) is 2.77. The number of rotatable bonds is 8. The molecule has 0 spiro atoms. The highest BCUT2D eigenvalue weighted by Crippen LogP contribution is 2.27. The van der Waals surface area contributed by atoms with Crippen molar-refractivity contribution >= 4 is 23.1 Å². The third-order valence-electron chi connectivity index (χ3n) is 4.10. The van der Waals surface area contributed by atoms with Gasteiger partial charge in [-0.25, -0.2) is 0 Å². The van der Waals surface area contributed by atoms with Crippen molar-refractivity contribution in [2.45, 2.75) is 6.92 Å². The first-order valence-electron chi connectivity index (χ1n) is 9.59. The molecule has 0 bridgehead atoms. The van der Waals surface area contributed by atoms with Crippen LogP contribution in [-0.4, -0.2) is 21.8 Å². The Morgan fingerprint density at radius 1 is 0.800 bits per heavy atom. The van der Waals surface area contributed by atoms with Crippen LogP contribution in [0.5, 0.6) is 17.2 Å². The third-order valence-corrected chi connectivity index (χ3v) is 4.10. The largest absolute Gasteiger partial charge is 0.492 e. The molecule has 0 fully saturated rings. The van der Waals surface area contributed by atoms with Crippen molar-refractivity contribution in [3.8, 4) is 17.2 Å². The molecule has 0 radical (unpaired) electrons. The van der Waals surface area contributed by atoms with E-state index in [9.17, 15) is 0 Å². The van der Waals surface area contributed by atoms with Gasteiger partial charge in [0.2, 0.25) is 5.95 Å². The second kappa shape index (κ2) is 9.38. The number of aromatic nitrogens is 3. The van der Waals surface area contributed by atoms with E-state index in [1.165, 1.54) is 0 Å². The number of anilines is 4. The second-order valence-corrected chi connectivity index (χ2v) is 6.28. The molecule has 0 atom stereocenters. The van der Waals surface area contributed by atoms with Crippen LogP contribution in [0.4, 0.5) is 23.1 Å². The van der Waals surface area contributed by atoms with Crippen LogP contribution < -0.4 is 20.1 Å². The van der Waals surface area contributed by atoms with E-state index in [0.29, 0.717) is 18.4 Å². The summed E-state index contributed by atoms with van der Waals surface area (Å²) in [6.07, 6.45) is 1.56. The smallest absolute Gasteiger partial charge is 0.249 e. The summed E-state index contributed by atoms with van der Waals surface area (Å²) in [6, 6.07) is 24.9. The number of nitrogens with one attached hydrogen (secondary N) is 2. The van der Waals surface area contributed by atoms with E-state index in [2.05, 4.69) is 25.8 Å². The van der Waals surface area contributed by atoms with E-state index in [1.54, 1.807) is 6.20 Å². The monoisotopic (exact) mass is 399 g/mol. The van der Waals surface area contributed by atoms with E-state index in [4.69, 9.17) is 9.47 Å². The van der Waals surface area contributed by atoms with Crippen LogP contribution in [0, 0.1) is 0 Å². The van der Waals surface area contributed by atoms with Gasteiger partial charge in [0.05, 0.1) is 18.5 Å². The molecule has 7 heteroatoms. The molecular formula is C23H21N5O2. The Morgan fingerprint density at radius 2 is 1.53 bits per heavy atom. The average Bonchev–Trinajstić information content (AvgIpc) is 2.78. The molecule has 150 valence electrons. The highest BCUT2D eigenvalue weighted by molar-refractivity contribution is 5.63. The van der Waals surface area contributed by atoms with Crippen LogP contribution in [0.25, 0.3) is 0 Å². The lowest BCUT2D eigenvalue weighted by atomic mass is 10.3. The van der Waals surface area contributed by atoms with Crippen LogP contribution in [0.2, 0.25) is 0 Å². The minimum absolute atomic E-state index is 0.371. The van der Waals surface area contributed by atoms with Gasteiger partial charge in [0.25, 0.3) is 0 Å². The molecule has 4 aromatic rings. The van der Waals surface area contributed by atoms with Gasteiger partial charge in [-0.2, -0.15) is 10.1 Å². The Bertz CT molecular complexity index is 1090. The SMILES string of the molecule is CCOc1ccccc1Nc1nncc(Nc2ccc(Oc3ccccc3)cc2)n1. The fourth-order valence-electron chi connectivity index (χ4n) is 2.77. The maximum atomic E-state index is 5.81. The zero-order valence-electron chi connectivity index (χ0n) is 16.4. The topological polar surface area (TPSA) is 81.2 Å². The molecule has 0 amide bonds. The molecule has 0 aliphatic rings. The van der Waals surface area contributed by atoms with Gasteiger partial charge in [0, 0.05) is 5.69 Å². The summed E-state index contributed by atoms with van der Waals surface area (Å²) in [5.41, 5.74) is 1.64. The number of benzene rings is 3. The predicted molar refractivity (Wildman–Crippen MR) is 117 cm³/mol. The summed E-state index contributed by atoms with van der Waals surface area (Å²) in [6.45, 7) is 2.51. The average molecular weight is 399 g/mol. The Morgan fingerprint density at radius 3 is 2.33 bits per heavy atom. The first kappa shape index (κ1) is 19.2. The summed E-state index contributed by atoms with van der Waals surface area (Å²) in [5.74, 6) is 3.22. The van der Waals surface area contributed by atoms with Gasteiger partial charge in [-0.15, -0.1) is 5.10 Å². The molecule has 0 unspecified atom stereocenters. The van der Waals surface area contributed by atoms with Crippen LogP contribution in [-0.2, 0) is 0 Å². The van der Waals surface area contributed by atoms with Crippen molar-refractivity contribution in [2.24, 2.45) is 0 Å². The van der Waals surface area contributed by atoms with Crippen LogP contribution in [0.15, 0.2) is 85.1 Å². The van der Waals surface area contributed by atoms with Crippen molar-refractivity contribution in [1.29, 1.82) is 0 Å². The Hall–Kier alpha value is -4.13. The number of hydrogen-bond acceptors (Lipinski definition) is 7. The van der Waals surface area contributed by atoms with Crippen molar-refractivity contribution in [1.82, 2.24) is 15.2 Å². The molecule has 7 nitrogen and oxygen atoms in total. The maximum Gasteiger partial charge on any atom is 0.249 e. The van der Waals surface area contributed by atoms with Gasteiger partial charge >= 0.3 is 0 Å². The normalized spacial score (nSPS) is 10.3. The highest BCUT2D eigenvalue weighted by atomic mass is 16.5. The highest BCUT2D eigenvalue weighted by Gasteiger charge is 2.07. The summed E-state index contributed by atoms with van der Waals surface area (Å²) in [4.78, 5) is 4.47. The van der Waals surface area contributed by atoms with Crippen LogP contribution in [0.3, 0.4) is 0 Å². The molecule has 1 aromatic heterocycles. The molecule has 3 aromatic carbocycles. The van der Waals surface area contributed by atoms with E-state index in [-0.39, 0.29) is 0 Å². The molecule has 1 heterocycles. The first-order chi connectivity index (χ1) is 14.8. The minimum atomic E-state index is 0.371. The van der Waals surface area contributed by atoms with E-state index in [1.807, 2.05) is 85.8 Å². The molecule has 4 rings (SSSR count). The molecule has 0 saturated heterocycles. The van der Waals surface area contributed by atoms with Gasteiger partial charge in [-0.1, -0.05) is 30.3 Å². The van der Waals surface area contributed by atoms with Gasteiger partial charge in [0.15, 0.2) is 5.82 Å². The first-order valence-corrected chi connectivity index (χ1v) is 9.59. The lowest BCUT2D eigenvalue weighted by molar-refractivity contribution is 0.342. The van der Waals surface area contributed by atoms with Crippen molar-refractivity contribution in [2.75, 3.05) is 17.2 Å². The molecule has 0 saturated carbocycles. The van der Waals surface area contributed by atoms with E-state index < -0.39 is 0 Å². The summed E-state index contributed by atoms with van der Waals surface area (Å²) < 4.78 is 11.4. The van der Waals surface area contributed by atoms with E-state index >= 15 is 0 Å². The summed E-state index contributed by atoms with van der Waals surface area (Å²) in [5, 5.41) is 14.4. The lowest BCUT2D eigenvalue weighted by Crippen LogP contribution is -2.04. The Balaban J connectivity index is 1.43. The van der Waals surface area contributed by atoms with Crippen molar-refractivity contribution in [3.63, 3.8) is 0 Å². The summed E-state index contributed by atoms with van der Waals surface area (Å²) in [7, 11) is 0. The molecule has 2 N–H and O–H groups in total. The lowest BCUT2D eigenvalue weighted by Gasteiger charge is -2.12. The minimum Gasteiger partial charge on any atom is -0.492 e. The zero-order valence-corrected chi connectivity index (χ0v) is 16.4. The summed E-state index contributed by atoms with van der Waals surface area (Å²) >= 11 is 0. The molecule has 0 aliphatic heterocycles. The van der Waals surface area contributed by atoms with Gasteiger partial charge in [-0.3, -0.25) is 0 Å². The van der Waals surface area contributed by atoms with Crippen LogP contribution in [0.1, 0.15) is 6.92 Å². The van der Waals surface area contributed by atoms with Crippen LogP contribution >= 0.6 is 0 Å². The Kier molecular flexibility index (Phi) is 6.00. The number of hydrogen-bond donors (Lipinski definition) is 2. The van der Waals surface area contributed by atoms with Crippen molar-refractivity contribution < 1.29 is 9.47 Å². The number of ether oxygens (including phenoxy) is 2. The molecular weight excluding hydrogens is 378 g/mol. The number of para-hydroxylation sites is 3. The van der Waals surface area contributed by atoms with Gasteiger partial charge in [-0.05, 0) is 55.5 Å². The van der Waals surface area contributed by atoms with E-state index in [0.717, 1.165) is 28.6 Å². The second-order valence-electron chi connectivity index (χ2n) is 6.28. The maximum absolute atomic E-state index is 5.81. The molecule has 30 heavy (non-hydrogen) atoms. The third kappa shape index (κ3) is 5.02. The molecule has 0 aliphatic carbocycles. The van der Waals surface area contributed by atoms with Gasteiger partial charge in [0.1, 0.15) is 17.2 Å². The quantitative estimate of drug-likeness (QED) is 0.402. The zero-order chi connectivity index (χ0) is 20.6. The van der Waals surface area contributed by atoms with Crippen molar-refractivity contribution in [3.05, 3.63) is 85.1 Å². The predicted octanol–water partition coefficient (Wildman–Crippen LogP) is 5.55. The fraction of sp³-hybridized carbons (Fsp3) is 0.0870. The standard InChI is InChI=1S/C23H21N5O2/c1-2-29-21-11-7-6-10-20(21)26-23-27-22(16-24-28-23)25-17-12-14-19(15-13-17)30-18-8-4-3-5-9-18/h3-16H,2H2,1H3,(H2,25,26,27,28). The Labute approximate surface area is 174 Å².